The highest BCUT2D eigenvalue weighted by molar-refractivity contribution is 7.89. The van der Waals surface area contributed by atoms with Gasteiger partial charge in [-0.2, -0.15) is 0 Å². The molecule has 2 aliphatic heterocycles. The fourth-order valence-corrected chi connectivity index (χ4v) is 6.85. The van der Waals surface area contributed by atoms with Crippen molar-refractivity contribution in [3.8, 4) is 0 Å². The average molecular weight is 344 g/mol. The first-order valence-electron chi connectivity index (χ1n) is 8.76. The van der Waals surface area contributed by atoms with Gasteiger partial charge in [-0.05, 0) is 50.6 Å². The Morgan fingerprint density at radius 2 is 1.87 bits per heavy atom. The molecular weight excluding hydrogens is 316 g/mol. The van der Waals surface area contributed by atoms with E-state index < -0.39 is 21.2 Å². The zero-order valence-electron chi connectivity index (χ0n) is 13.9. The Balaban J connectivity index is 1.76. The highest BCUT2D eigenvalue weighted by Crippen LogP contribution is 2.42. The summed E-state index contributed by atoms with van der Waals surface area (Å²) in [6.45, 7) is 3.18. The lowest BCUT2D eigenvalue weighted by atomic mass is 9.78. The summed E-state index contributed by atoms with van der Waals surface area (Å²) in [6, 6.07) is 0. The van der Waals surface area contributed by atoms with Gasteiger partial charge in [0.2, 0.25) is 10.0 Å². The largest absolute Gasteiger partial charge is 0.469 e. The van der Waals surface area contributed by atoms with Gasteiger partial charge in [0.25, 0.3) is 0 Å². The van der Waals surface area contributed by atoms with Crippen LogP contribution < -0.4 is 5.32 Å². The molecule has 3 fully saturated rings. The highest BCUT2D eigenvalue weighted by atomic mass is 32.2. The summed E-state index contributed by atoms with van der Waals surface area (Å²) in [6.07, 6.45) is 6.02. The van der Waals surface area contributed by atoms with Crippen molar-refractivity contribution < 1.29 is 17.9 Å². The molecule has 1 saturated carbocycles. The number of piperidine rings is 1. The van der Waals surface area contributed by atoms with Gasteiger partial charge >= 0.3 is 5.97 Å². The van der Waals surface area contributed by atoms with Crippen LogP contribution in [0.25, 0.3) is 0 Å². The first kappa shape index (κ1) is 17.2. The molecule has 2 saturated heterocycles. The van der Waals surface area contributed by atoms with Crippen molar-refractivity contribution in [2.75, 3.05) is 33.3 Å². The number of nitrogens with one attached hydrogen (secondary N) is 1. The molecule has 0 aromatic rings. The Labute approximate surface area is 139 Å². The van der Waals surface area contributed by atoms with Gasteiger partial charge in [-0.25, -0.2) is 12.7 Å². The monoisotopic (exact) mass is 344 g/mol. The van der Waals surface area contributed by atoms with Crippen molar-refractivity contribution in [2.45, 2.75) is 50.2 Å². The summed E-state index contributed by atoms with van der Waals surface area (Å²) in [5.41, 5.74) is 0.147. The van der Waals surface area contributed by atoms with Gasteiger partial charge in [-0.15, -0.1) is 0 Å². The number of carbonyl (C=O) groups excluding carboxylic acids is 1. The minimum absolute atomic E-state index is 0.147. The van der Waals surface area contributed by atoms with Crippen molar-refractivity contribution in [2.24, 2.45) is 11.3 Å². The van der Waals surface area contributed by atoms with E-state index in [1.165, 1.54) is 7.11 Å². The van der Waals surface area contributed by atoms with E-state index >= 15 is 0 Å². The Kier molecular flexibility index (Phi) is 4.99. The number of sulfonamides is 1. The maximum Gasteiger partial charge on any atom is 0.310 e. The van der Waals surface area contributed by atoms with Gasteiger partial charge in [-0.1, -0.05) is 12.8 Å². The van der Waals surface area contributed by atoms with E-state index in [2.05, 4.69) is 5.32 Å². The molecule has 1 spiro atoms. The molecule has 0 aromatic carbocycles. The normalized spacial score (nSPS) is 32.0. The third-order valence-electron chi connectivity index (χ3n) is 6.02. The van der Waals surface area contributed by atoms with Gasteiger partial charge in [0.1, 0.15) is 0 Å². The van der Waals surface area contributed by atoms with E-state index in [1.807, 2.05) is 0 Å². The number of rotatable bonds is 3. The fraction of sp³-hybridized carbons (Fsp3) is 0.938. The third kappa shape index (κ3) is 3.28. The molecular formula is C16H28N2O4S. The molecule has 0 aromatic heterocycles. The van der Waals surface area contributed by atoms with Crippen LogP contribution in [-0.2, 0) is 19.6 Å². The van der Waals surface area contributed by atoms with Crippen molar-refractivity contribution in [1.29, 1.82) is 0 Å². The SMILES string of the molecule is COC(=O)C1CCCCC1S(=O)(=O)N1CCC2(CCNCC2)C1. The summed E-state index contributed by atoms with van der Waals surface area (Å²) in [4.78, 5) is 12.0. The van der Waals surface area contributed by atoms with E-state index in [1.54, 1.807) is 4.31 Å². The molecule has 23 heavy (non-hydrogen) atoms. The fourth-order valence-electron chi connectivity index (χ4n) is 4.54. The van der Waals surface area contributed by atoms with Crippen LogP contribution in [0.2, 0.25) is 0 Å². The van der Waals surface area contributed by atoms with Crippen molar-refractivity contribution in [1.82, 2.24) is 9.62 Å². The van der Waals surface area contributed by atoms with Crippen LogP contribution in [0.15, 0.2) is 0 Å². The van der Waals surface area contributed by atoms with Crippen LogP contribution >= 0.6 is 0 Å². The van der Waals surface area contributed by atoms with E-state index in [9.17, 15) is 13.2 Å². The van der Waals surface area contributed by atoms with Crippen molar-refractivity contribution >= 4 is 16.0 Å². The van der Waals surface area contributed by atoms with Crippen LogP contribution in [0.4, 0.5) is 0 Å². The molecule has 2 atom stereocenters. The maximum absolute atomic E-state index is 13.1. The predicted molar refractivity (Wildman–Crippen MR) is 87.4 cm³/mol. The molecule has 1 aliphatic carbocycles. The Morgan fingerprint density at radius 1 is 1.17 bits per heavy atom. The van der Waals surface area contributed by atoms with E-state index in [0.29, 0.717) is 25.9 Å². The Hall–Kier alpha value is -0.660. The molecule has 7 heteroatoms. The number of ether oxygens (including phenoxy) is 1. The Bertz CT molecular complexity index is 542. The molecule has 3 rings (SSSR count). The zero-order chi connectivity index (χ0) is 16.5. The molecule has 0 bridgehead atoms. The maximum atomic E-state index is 13.1. The number of methoxy groups -OCH3 is 1. The van der Waals surface area contributed by atoms with Gasteiger partial charge in [-0.3, -0.25) is 4.79 Å². The second-order valence-corrected chi connectivity index (χ2v) is 9.48. The van der Waals surface area contributed by atoms with Crippen LogP contribution in [0.5, 0.6) is 0 Å². The van der Waals surface area contributed by atoms with Crippen molar-refractivity contribution in [3.05, 3.63) is 0 Å². The van der Waals surface area contributed by atoms with Gasteiger partial charge in [0.05, 0.1) is 18.3 Å². The van der Waals surface area contributed by atoms with Crippen LogP contribution in [0.3, 0.4) is 0 Å². The minimum Gasteiger partial charge on any atom is -0.469 e. The van der Waals surface area contributed by atoms with E-state index in [0.717, 1.165) is 45.2 Å². The first-order chi connectivity index (χ1) is 11.0. The lowest BCUT2D eigenvalue weighted by molar-refractivity contribution is -0.146. The quantitative estimate of drug-likeness (QED) is 0.777. The lowest BCUT2D eigenvalue weighted by Crippen LogP contribution is -2.46. The van der Waals surface area contributed by atoms with Crippen molar-refractivity contribution in [3.63, 3.8) is 0 Å². The molecule has 2 heterocycles. The topological polar surface area (TPSA) is 75.7 Å². The molecule has 1 N–H and O–H groups in total. The third-order valence-corrected chi connectivity index (χ3v) is 8.38. The summed E-state index contributed by atoms with van der Waals surface area (Å²) >= 11 is 0. The van der Waals surface area contributed by atoms with Gasteiger partial charge in [0, 0.05) is 13.1 Å². The summed E-state index contributed by atoms with van der Waals surface area (Å²) in [7, 11) is -2.08. The van der Waals surface area contributed by atoms with E-state index in [-0.39, 0.29) is 11.4 Å². The summed E-state index contributed by atoms with van der Waals surface area (Å²) in [5, 5.41) is 2.76. The van der Waals surface area contributed by atoms with Crippen LogP contribution in [0, 0.1) is 11.3 Å². The second kappa shape index (κ2) is 6.69. The average Bonchev–Trinajstić information content (AvgIpc) is 2.99. The number of carbonyl (C=O) groups is 1. The lowest BCUT2D eigenvalue weighted by Gasteiger charge is -2.35. The summed E-state index contributed by atoms with van der Waals surface area (Å²) < 4.78 is 32.8. The zero-order valence-corrected chi connectivity index (χ0v) is 14.7. The first-order valence-corrected chi connectivity index (χ1v) is 10.3. The molecule has 2 unspecified atom stereocenters. The molecule has 0 radical (unpaired) electrons. The van der Waals surface area contributed by atoms with Gasteiger partial charge < -0.3 is 10.1 Å². The molecule has 6 nitrogen and oxygen atoms in total. The standard InChI is InChI=1S/C16H28N2O4S/c1-22-15(19)13-4-2-3-5-14(13)23(20,21)18-11-8-16(12-18)6-9-17-10-7-16/h13-14,17H,2-12H2,1H3. The van der Waals surface area contributed by atoms with Crippen LogP contribution in [0.1, 0.15) is 44.9 Å². The predicted octanol–water partition coefficient (Wildman–Crippen LogP) is 1.12. The number of hydrogen-bond donors (Lipinski definition) is 1. The smallest absolute Gasteiger partial charge is 0.310 e. The number of nitrogens with zero attached hydrogens (tertiary/aromatic N) is 1. The number of esters is 1. The van der Waals surface area contributed by atoms with E-state index in [4.69, 9.17) is 4.74 Å². The van der Waals surface area contributed by atoms with Crippen LogP contribution in [-0.4, -0.2) is 57.2 Å². The summed E-state index contributed by atoms with van der Waals surface area (Å²) in [5.74, 6) is -0.864. The highest BCUT2D eigenvalue weighted by Gasteiger charge is 2.48. The van der Waals surface area contributed by atoms with Gasteiger partial charge in [0.15, 0.2) is 0 Å². The Morgan fingerprint density at radius 3 is 2.57 bits per heavy atom. The molecule has 132 valence electrons. The second-order valence-electron chi connectivity index (χ2n) is 7.33. The molecule has 0 amide bonds. The minimum atomic E-state index is -3.43. The number of hydrogen-bond acceptors (Lipinski definition) is 5. The molecule has 3 aliphatic rings.